The molecule has 0 spiro atoms. The molecule has 16 heavy (non-hydrogen) atoms. The zero-order chi connectivity index (χ0) is 12.4. The van der Waals surface area contributed by atoms with Crippen molar-refractivity contribution in [1.29, 1.82) is 0 Å². The van der Waals surface area contributed by atoms with Gasteiger partial charge in [0.15, 0.2) is 0 Å². The molecule has 1 aromatic carbocycles. The second kappa shape index (κ2) is 9.40. The summed E-state index contributed by atoms with van der Waals surface area (Å²) in [5.74, 6) is 1.34. The lowest BCUT2D eigenvalue weighted by Gasteiger charge is -2.11. The molecule has 1 aliphatic heterocycles. The smallest absolute Gasteiger partial charge is 0.0319 e. The van der Waals surface area contributed by atoms with Crippen LogP contribution in [0, 0.1) is 0 Å². The van der Waals surface area contributed by atoms with Gasteiger partial charge in [-0.1, -0.05) is 55.7 Å². The number of hydrogen-bond acceptors (Lipinski definition) is 3. The molecule has 1 heterocycles. The van der Waals surface area contributed by atoms with Crippen molar-refractivity contribution >= 4 is 37.5 Å². The first-order valence-corrected chi connectivity index (χ1v) is 8.17. The fraction of sp³-hybridized carbons (Fsp3) is 0.500. The van der Waals surface area contributed by atoms with E-state index in [-0.39, 0.29) is 0 Å². The molecule has 1 aromatic rings. The third-order valence-corrected chi connectivity index (χ3v) is 5.68. The van der Waals surface area contributed by atoms with E-state index in [0.29, 0.717) is 4.75 Å². The number of benzene rings is 1. The Labute approximate surface area is 115 Å². The second-order valence-electron chi connectivity index (χ2n) is 3.71. The summed E-state index contributed by atoms with van der Waals surface area (Å²) in [7, 11) is 5.01. The van der Waals surface area contributed by atoms with Crippen molar-refractivity contribution in [3.8, 4) is 0 Å². The maximum absolute atomic E-state index is 7.00. The van der Waals surface area contributed by atoms with Crippen molar-refractivity contribution in [3.63, 3.8) is 0 Å². The molecule has 0 aromatic heterocycles. The molecule has 2 rings (SSSR count). The van der Waals surface area contributed by atoms with Crippen LogP contribution in [0.3, 0.4) is 0 Å². The predicted octanol–water partition coefficient (Wildman–Crippen LogP) is 4.61. The molecule has 1 N–H and O–H groups in total. The molecule has 4 heteroatoms. The highest BCUT2D eigenvalue weighted by Gasteiger charge is 2.23. The van der Waals surface area contributed by atoms with E-state index in [4.69, 9.17) is 5.11 Å². The van der Waals surface area contributed by atoms with Crippen LogP contribution >= 0.6 is 37.5 Å². The van der Waals surface area contributed by atoms with Crippen molar-refractivity contribution in [2.24, 2.45) is 0 Å². The Morgan fingerprint density at radius 1 is 1.19 bits per heavy atom. The summed E-state index contributed by atoms with van der Waals surface area (Å²) in [6.45, 7) is 4.61. The third kappa shape index (κ3) is 8.50. The van der Waals surface area contributed by atoms with Gasteiger partial charge in [-0.15, -0.1) is 0 Å². The van der Waals surface area contributed by atoms with Gasteiger partial charge in [0.2, 0.25) is 0 Å². The van der Waals surface area contributed by atoms with E-state index in [1.54, 1.807) is 0 Å². The number of aliphatic hydroxyl groups is 1. The molecule has 0 atom stereocenters. The lowest BCUT2D eigenvalue weighted by atomic mass is 10.1. The Morgan fingerprint density at radius 3 is 1.94 bits per heavy atom. The van der Waals surface area contributed by atoms with Crippen LogP contribution in [0.1, 0.15) is 20.3 Å². The lowest BCUT2D eigenvalue weighted by Crippen LogP contribution is -2.07. The summed E-state index contributed by atoms with van der Waals surface area (Å²) in [6.07, 6.45) is 1.38. The van der Waals surface area contributed by atoms with Crippen molar-refractivity contribution in [1.82, 2.24) is 0 Å². The first-order chi connectivity index (χ1) is 7.60. The fourth-order valence-electron chi connectivity index (χ4n) is 0.945. The summed E-state index contributed by atoms with van der Waals surface area (Å²) in [5.41, 5.74) is 0. The van der Waals surface area contributed by atoms with Gasteiger partial charge in [0, 0.05) is 22.1 Å². The Morgan fingerprint density at radius 2 is 1.75 bits per heavy atom. The Bertz CT molecular complexity index is 257. The van der Waals surface area contributed by atoms with Gasteiger partial charge < -0.3 is 5.11 Å². The van der Waals surface area contributed by atoms with E-state index < -0.39 is 0 Å². The molecule has 92 valence electrons. The van der Waals surface area contributed by atoms with Crippen molar-refractivity contribution in [3.05, 3.63) is 34.8 Å². The van der Waals surface area contributed by atoms with Crippen LogP contribution in [-0.4, -0.2) is 22.7 Å². The summed E-state index contributed by atoms with van der Waals surface area (Å²) < 4.78 is 1.71. The summed E-state index contributed by atoms with van der Waals surface area (Å²) >= 11 is 3.31. The van der Waals surface area contributed by atoms with E-state index in [2.05, 4.69) is 29.8 Å². The van der Waals surface area contributed by atoms with Crippen LogP contribution in [0.5, 0.6) is 0 Å². The molecule has 1 aliphatic rings. The van der Waals surface area contributed by atoms with E-state index in [1.165, 1.54) is 12.2 Å². The Kier molecular flexibility index (Phi) is 9.61. The first-order valence-electron chi connectivity index (χ1n) is 5.06. The van der Waals surface area contributed by atoms with Crippen LogP contribution in [0.25, 0.3) is 0 Å². The maximum Gasteiger partial charge on any atom is 0.0319 e. The SMILES string of the molecule is Brc1ccccc1.CC1(C)CCSS1.CO. The second-order valence-corrected chi connectivity index (χ2v) is 7.75. The average Bonchev–Trinajstić information content (AvgIpc) is 2.68. The largest absolute Gasteiger partial charge is 0.400 e. The molecule has 0 radical (unpaired) electrons. The van der Waals surface area contributed by atoms with Crippen molar-refractivity contribution in [2.45, 2.75) is 25.0 Å². The van der Waals surface area contributed by atoms with E-state index in [1.807, 2.05) is 51.9 Å². The fourth-order valence-corrected chi connectivity index (χ4v) is 4.27. The van der Waals surface area contributed by atoms with Gasteiger partial charge >= 0.3 is 0 Å². The molecule has 0 aliphatic carbocycles. The monoisotopic (exact) mass is 322 g/mol. The van der Waals surface area contributed by atoms with Crippen LogP contribution in [0.4, 0.5) is 0 Å². The van der Waals surface area contributed by atoms with Crippen LogP contribution < -0.4 is 0 Å². The molecule has 0 bridgehead atoms. The summed E-state index contributed by atoms with van der Waals surface area (Å²) in [6, 6.07) is 9.97. The normalized spacial score (nSPS) is 16.6. The van der Waals surface area contributed by atoms with E-state index >= 15 is 0 Å². The van der Waals surface area contributed by atoms with Crippen LogP contribution in [-0.2, 0) is 0 Å². The molecule has 1 fully saturated rings. The molecule has 0 unspecified atom stereocenters. The third-order valence-electron chi connectivity index (χ3n) is 1.81. The number of hydrogen-bond donors (Lipinski definition) is 1. The first kappa shape index (κ1) is 16.4. The highest BCUT2D eigenvalue weighted by molar-refractivity contribution is 9.10. The maximum atomic E-state index is 7.00. The van der Waals surface area contributed by atoms with Gasteiger partial charge in [0.1, 0.15) is 0 Å². The van der Waals surface area contributed by atoms with E-state index in [0.717, 1.165) is 11.6 Å². The van der Waals surface area contributed by atoms with Gasteiger partial charge in [0.05, 0.1) is 0 Å². The average molecular weight is 323 g/mol. The number of aliphatic hydroxyl groups excluding tert-OH is 1. The Balaban J connectivity index is 0.000000244. The lowest BCUT2D eigenvalue weighted by molar-refractivity contribution is 0.399. The number of rotatable bonds is 0. The Hall–Kier alpha value is 0.360. The standard InChI is InChI=1S/C6H5Br.C5H10S2.CH4O/c7-6-4-2-1-3-5-6;1-5(2)3-4-6-7-5;1-2/h1-5H;3-4H2,1-2H3;2H,1H3. The van der Waals surface area contributed by atoms with Gasteiger partial charge in [-0.25, -0.2) is 0 Å². The minimum atomic E-state index is 0.574. The highest BCUT2D eigenvalue weighted by atomic mass is 79.9. The van der Waals surface area contributed by atoms with Gasteiger partial charge in [0.25, 0.3) is 0 Å². The molecule has 1 saturated heterocycles. The minimum Gasteiger partial charge on any atom is -0.400 e. The number of halogens is 1. The van der Waals surface area contributed by atoms with Gasteiger partial charge in [-0.3, -0.25) is 0 Å². The van der Waals surface area contributed by atoms with Crippen molar-refractivity contribution < 1.29 is 5.11 Å². The predicted molar refractivity (Wildman–Crippen MR) is 81.0 cm³/mol. The van der Waals surface area contributed by atoms with Crippen LogP contribution in [0.2, 0.25) is 0 Å². The van der Waals surface area contributed by atoms with Gasteiger partial charge in [-0.05, 0) is 32.4 Å². The topological polar surface area (TPSA) is 20.2 Å². The zero-order valence-electron chi connectivity index (χ0n) is 9.94. The minimum absolute atomic E-state index is 0.574. The quantitative estimate of drug-likeness (QED) is 0.704. The van der Waals surface area contributed by atoms with Gasteiger partial charge in [-0.2, -0.15) is 0 Å². The zero-order valence-corrected chi connectivity index (χ0v) is 13.2. The summed E-state index contributed by atoms with van der Waals surface area (Å²) in [4.78, 5) is 0. The van der Waals surface area contributed by atoms with E-state index in [9.17, 15) is 0 Å². The summed E-state index contributed by atoms with van der Waals surface area (Å²) in [5, 5.41) is 7.00. The molecule has 0 saturated carbocycles. The molecular weight excluding hydrogens is 304 g/mol. The molecular formula is C12H19BrOS2. The van der Waals surface area contributed by atoms with Crippen molar-refractivity contribution in [2.75, 3.05) is 12.9 Å². The molecule has 0 amide bonds. The molecule has 1 nitrogen and oxygen atoms in total. The highest BCUT2D eigenvalue weighted by Crippen LogP contribution is 2.45. The van der Waals surface area contributed by atoms with Crippen LogP contribution in [0.15, 0.2) is 34.8 Å².